The summed E-state index contributed by atoms with van der Waals surface area (Å²) in [5.41, 5.74) is 4.74. The molecule has 0 atom stereocenters. The summed E-state index contributed by atoms with van der Waals surface area (Å²) >= 11 is -1.92. The number of benzene rings is 2. The number of nitrogens with zero attached hydrogens (tertiary/aromatic N) is 1. The second kappa shape index (κ2) is 10.5. The molecule has 0 spiro atoms. The van der Waals surface area contributed by atoms with E-state index < -0.39 is 14.7 Å². The predicted octanol–water partition coefficient (Wildman–Crippen LogP) is 8.44. The first-order chi connectivity index (χ1) is 12.7. The fraction of sp³-hybridized carbons (Fsp3) is 0.409. The minimum absolute atomic E-state index is 0.0205. The average Bonchev–Trinajstić information content (AvgIpc) is 2.52. The molecule has 155 valence electrons. The summed E-state index contributed by atoms with van der Waals surface area (Å²) in [6.07, 6.45) is 0. The summed E-state index contributed by atoms with van der Waals surface area (Å²) < 4.78 is 0. The van der Waals surface area contributed by atoms with Crippen molar-refractivity contribution in [3.63, 3.8) is 0 Å². The summed E-state index contributed by atoms with van der Waals surface area (Å²) in [5.74, 6) is 0.362. The van der Waals surface area contributed by atoms with Crippen molar-refractivity contribution in [1.29, 1.82) is 0 Å². The first-order valence-corrected chi connectivity index (χ1v) is 15.5. The van der Waals surface area contributed by atoms with Crippen LogP contribution in [0.15, 0.2) is 36.4 Å². The number of phenolic OH excluding ortho intramolecular Hbond substituents is 1. The first kappa shape index (κ1) is 25.5. The average molecular weight is 478 g/mol. The Hall–Kier alpha value is -0.506. The van der Waals surface area contributed by atoms with Crippen LogP contribution in [-0.2, 0) is 32.1 Å². The number of halogens is 3. The maximum absolute atomic E-state index is 10.8. The summed E-state index contributed by atoms with van der Waals surface area (Å²) in [6.45, 7) is 17.4. The van der Waals surface area contributed by atoms with Crippen molar-refractivity contribution in [2.75, 3.05) is 0 Å². The van der Waals surface area contributed by atoms with E-state index in [4.69, 9.17) is 27.9 Å². The third kappa shape index (κ3) is 8.09. The zero-order valence-corrected chi connectivity index (χ0v) is 21.2. The van der Waals surface area contributed by atoms with E-state index in [0.29, 0.717) is 12.3 Å². The summed E-state index contributed by atoms with van der Waals surface area (Å²) in [7, 11) is 14.9. The van der Waals surface area contributed by atoms with Crippen molar-refractivity contribution in [1.82, 2.24) is 0 Å². The van der Waals surface area contributed by atoms with E-state index in [-0.39, 0.29) is 10.8 Å². The fourth-order valence-corrected chi connectivity index (χ4v) is 2.66. The molecule has 2 aromatic rings. The van der Waals surface area contributed by atoms with Gasteiger partial charge in [0.1, 0.15) is 5.75 Å². The van der Waals surface area contributed by atoms with Crippen LogP contribution in [0.3, 0.4) is 0 Å². The Balaban J connectivity index is 0.000000892. The van der Waals surface area contributed by atoms with E-state index >= 15 is 0 Å². The van der Waals surface area contributed by atoms with Crippen LogP contribution in [-0.4, -0.2) is 5.11 Å². The molecule has 0 aromatic heterocycles. The molecule has 0 saturated carbocycles. The third-order valence-electron chi connectivity index (χ3n) is 4.27. The van der Waals surface area contributed by atoms with Gasteiger partial charge >= 0.3 is 42.6 Å². The van der Waals surface area contributed by atoms with Crippen LogP contribution in [0.1, 0.15) is 63.8 Å². The van der Waals surface area contributed by atoms with Crippen LogP contribution in [0, 0.1) is 6.92 Å². The molecule has 0 aliphatic heterocycles. The Morgan fingerprint density at radius 3 is 1.96 bits per heavy atom. The van der Waals surface area contributed by atoms with E-state index in [1.807, 2.05) is 24.3 Å². The molecule has 28 heavy (non-hydrogen) atoms. The van der Waals surface area contributed by atoms with Crippen molar-refractivity contribution >= 4 is 33.6 Å². The van der Waals surface area contributed by atoms with Gasteiger partial charge in [-0.1, -0.05) is 59.7 Å². The van der Waals surface area contributed by atoms with Gasteiger partial charge in [0.25, 0.3) is 0 Å². The number of phenols is 1. The van der Waals surface area contributed by atoms with Gasteiger partial charge in [-0.3, -0.25) is 5.69 Å². The normalized spacial score (nSPS) is 11.5. The van der Waals surface area contributed by atoms with E-state index in [2.05, 4.69) is 65.9 Å². The van der Waals surface area contributed by atoms with Crippen molar-refractivity contribution in [3.8, 4) is 5.75 Å². The molecule has 0 fully saturated rings. The van der Waals surface area contributed by atoms with Crippen LogP contribution in [0.2, 0.25) is 0 Å². The quantitative estimate of drug-likeness (QED) is 0.349. The van der Waals surface area contributed by atoms with Gasteiger partial charge in [-0.15, -0.1) is 18.7 Å². The molecule has 0 unspecified atom stereocenters. The fourth-order valence-electron chi connectivity index (χ4n) is 2.66. The van der Waals surface area contributed by atoms with Crippen LogP contribution in [0.25, 0.3) is 5.32 Å². The van der Waals surface area contributed by atoms with Gasteiger partial charge in [-0.25, -0.2) is 12.5 Å². The van der Waals surface area contributed by atoms with Gasteiger partial charge in [0.15, 0.2) is 0 Å². The first-order valence-electron chi connectivity index (χ1n) is 9.02. The predicted molar refractivity (Wildman–Crippen MR) is 121 cm³/mol. The molecule has 6 heteroatoms. The molecule has 2 rings (SSSR count). The zero-order chi connectivity index (χ0) is 21.7. The molecular formula is C22H29Cl3NOTi-2. The summed E-state index contributed by atoms with van der Waals surface area (Å²) in [5, 5.41) is 15.4. The molecule has 0 amide bonds. The number of aromatic hydroxyl groups is 1. The molecule has 2 aromatic carbocycles. The van der Waals surface area contributed by atoms with Crippen LogP contribution < -0.4 is 0 Å². The topological polar surface area (TPSA) is 34.3 Å². The zero-order valence-electron chi connectivity index (χ0n) is 17.4. The Morgan fingerprint density at radius 1 is 0.964 bits per heavy atom. The van der Waals surface area contributed by atoms with Crippen molar-refractivity contribution in [2.45, 2.75) is 58.9 Å². The number of rotatable bonds is 3. The SMILES string of the molecule is [CH2-]c1ccccc1[N-]Cc1cc(C(C)(C)C)cc(C(C)(C)C)c1O.[Cl][Ti]([Cl])[Cl]. The standard InChI is InChI=1S/C22H29NO.3ClH.Ti/c1-15-10-8-9-11-19(15)23-14-16-12-17(21(2,3)4)13-18(20(16)24)22(5,6)7;;;;/h8-13,24H,1,14H2,2-7H3;3*1H;/q-2;;;;+3/p-3. The second-order valence-corrected chi connectivity index (χ2v) is 16.4. The Labute approximate surface area is 188 Å². The van der Waals surface area contributed by atoms with Gasteiger partial charge < -0.3 is 10.4 Å². The second-order valence-electron chi connectivity index (χ2n) is 8.69. The van der Waals surface area contributed by atoms with Gasteiger partial charge in [0.05, 0.1) is 0 Å². The molecular weight excluding hydrogens is 448 g/mol. The van der Waals surface area contributed by atoms with Crippen LogP contribution >= 0.6 is 27.9 Å². The Kier molecular flexibility index (Phi) is 9.58. The Bertz CT molecular complexity index is 778. The maximum atomic E-state index is 10.8. The Morgan fingerprint density at radius 2 is 1.50 bits per heavy atom. The number of para-hydroxylation sites is 1. The van der Waals surface area contributed by atoms with Crippen molar-refractivity contribution in [3.05, 3.63) is 70.9 Å². The monoisotopic (exact) mass is 476 g/mol. The molecule has 0 bridgehead atoms. The van der Waals surface area contributed by atoms with Crippen molar-refractivity contribution in [2.24, 2.45) is 0 Å². The van der Waals surface area contributed by atoms with Crippen LogP contribution in [0.5, 0.6) is 5.75 Å². The van der Waals surface area contributed by atoms with E-state index in [9.17, 15) is 5.11 Å². The third-order valence-corrected chi connectivity index (χ3v) is 4.27. The molecule has 2 nitrogen and oxygen atoms in total. The molecule has 0 aliphatic carbocycles. The molecule has 0 radical (unpaired) electrons. The van der Waals surface area contributed by atoms with E-state index in [1.165, 1.54) is 5.56 Å². The minimum atomic E-state index is -1.92. The molecule has 0 saturated heterocycles. The van der Waals surface area contributed by atoms with Crippen molar-refractivity contribution < 1.29 is 19.8 Å². The number of hydrogen-bond acceptors (Lipinski definition) is 1. The number of hydrogen-bond donors (Lipinski definition) is 1. The molecule has 0 heterocycles. The van der Waals surface area contributed by atoms with Gasteiger partial charge in [-0.2, -0.15) is 6.07 Å². The molecule has 1 N–H and O–H groups in total. The van der Waals surface area contributed by atoms with Gasteiger partial charge in [0, 0.05) is 0 Å². The van der Waals surface area contributed by atoms with Gasteiger partial charge in [-0.05, 0) is 27.5 Å². The summed E-state index contributed by atoms with van der Waals surface area (Å²) in [4.78, 5) is 0. The van der Waals surface area contributed by atoms with E-state index in [1.54, 1.807) is 0 Å². The van der Waals surface area contributed by atoms with Crippen LogP contribution in [0.4, 0.5) is 5.69 Å². The summed E-state index contributed by atoms with van der Waals surface area (Å²) in [6, 6.07) is 12.0. The molecule has 0 aliphatic rings. The van der Waals surface area contributed by atoms with Gasteiger partial charge in [0.2, 0.25) is 0 Å². The van der Waals surface area contributed by atoms with E-state index in [0.717, 1.165) is 22.4 Å².